The third kappa shape index (κ3) is 5.51. The minimum Gasteiger partial charge on any atom is -0.490 e. The summed E-state index contributed by atoms with van der Waals surface area (Å²) in [4.78, 5) is 25.2. The summed E-state index contributed by atoms with van der Waals surface area (Å²) in [6.07, 6.45) is -0.323. The van der Waals surface area contributed by atoms with Crippen LogP contribution in [-0.4, -0.2) is 63.0 Å². The van der Waals surface area contributed by atoms with Crippen molar-refractivity contribution in [2.75, 3.05) is 46.0 Å². The maximum Gasteiger partial charge on any atom is 0.409 e. The van der Waals surface area contributed by atoms with E-state index in [1.807, 2.05) is 0 Å². The van der Waals surface area contributed by atoms with E-state index < -0.39 is 5.97 Å². The molecule has 9 heteroatoms. The molecule has 1 aromatic carbocycles. The van der Waals surface area contributed by atoms with E-state index in [9.17, 15) is 9.59 Å². The van der Waals surface area contributed by atoms with Crippen molar-refractivity contribution in [3.63, 3.8) is 0 Å². The number of hydrogen-bond acceptors (Lipinski definition) is 7. The van der Waals surface area contributed by atoms with E-state index >= 15 is 0 Å². The summed E-state index contributed by atoms with van der Waals surface area (Å²) < 4.78 is 21.2. The lowest BCUT2D eigenvalue weighted by molar-refractivity contribution is 0.0492. The summed E-state index contributed by atoms with van der Waals surface area (Å²) in [5.74, 6) is 0.232. The number of carbonyl (C=O) groups is 2. The van der Waals surface area contributed by atoms with Gasteiger partial charge >= 0.3 is 12.1 Å². The molecule has 148 valence electrons. The molecule has 1 aliphatic heterocycles. The van der Waals surface area contributed by atoms with Crippen LogP contribution in [0, 0.1) is 0 Å². The van der Waals surface area contributed by atoms with Crippen LogP contribution >= 0.6 is 12.4 Å². The molecule has 0 spiro atoms. The molecular formula is C18H23ClN2O6. The Kier molecular flexibility index (Phi) is 7.75. The van der Waals surface area contributed by atoms with Crippen molar-refractivity contribution in [3.05, 3.63) is 30.0 Å². The topological polar surface area (TPSA) is 90.2 Å². The number of carbonyl (C=O) groups excluding carboxylic acids is 2. The third-order valence-corrected chi connectivity index (χ3v) is 3.92. The molecule has 0 bridgehead atoms. The van der Waals surface area contributed by atoms with Crippen LogP contribution in [0.4, 0.5) is 4.79 Å². The summed E-state index contributed by atoms with van der Waals surface area (Å²) in [6.45, 7) is 5.28. The monoisotopic (exact) mass is 398 g/mol. The second-order valence-corrected chi connectivity index (χ2v) is 5.73. The van der Waals surface area contributed by atoms with Crippen molar-refractivity contribution >= 4 is 35.4 Å². The summed E-state index contributed by atoms with van der Waals surface area (Å²) in [7, 11) is 0. The molecule has 1 saturated heterocycles. The number of piperazine rings is 1. The van der Waals surface area contributed by atoms with Gasteiger partial charge in [-0.2, -0.15) is 0 Å². The number of halogens is 1. The lowest BCUT2D eigenvalue weighted by Gasteiger charge is -2.26. The van der Waals surface area contributed by atoms with Crippen LogP contribution in [-0.2, 0) is 9.47 Å². The highest BCUT2D eigenvalue weighted by atomic mass is 35.5. The van der Waals surface area contributed by atoms with Crippen molar-refractivity contribution in [2.24, 2.45) is 0 Å². The predicted octanol–water partition coefficient (Wildman–Crippen LogP) is 2.45. The Morgan fingerprint density at radius 3 is 2.67 bits per heavy atom. The number of rotatable bonds is 6. The van der Waals surface area contributed by atoms with Gasteiger partial charge in [-0.15, -0.1) is 12.4 Å². The largest absolute Gasteiger partial charge is 0.490 e. The van der Waals surface area contributed by atoms with Gasteiger partial charge in [0.25, 0.3) is 0 Å². The fourth-order valence-electron chi connectivity index (χ4n) is 2.63. The Morgan fingerprint density at radius 2 is 1.93 bits per heavy atom. The quantitative estimate of drug-likeness (QED) is 0.590. The molecule has 0 radical (unpaired) electrons. The molecule has 0 aliphatic carbocycles. The van der Waals surface area contributed by atoms with E-state index in [-0.39, 0.29) is 44.1 Å². The fraction of sp³-hybridized carbons (Fsp3) is 0.444. The SMILES string of the molecule is CCOC(=O)c1cc2ccc(OCCOC(=O)N3CCNCC3)cc2o1.Cl. The first-order valence-corrected chi connectivity index (χ1v) is 8.63. The van der Waals surface area contributed by atoms with Crippen LogP contribution in [0.1, 0.15) is 17.5 Å². The highest BCUT2D eigenvalue weighted by molar-refractivity contribution is 5.92. The number of esters is 1. The molecule has 27 heavy (non-hydrogen) atoms. The van der Waals surface area contributed by atoms with Crippen LogP contribution < -0.4 is 10.1 Å². The average molecular weight is 399 g/mol. The van der Waals surface area contributed by atoms with Crippen molar-refractivity contribution in [3.8, 4) is 5.75 Å². The second-order valence-electron chi connectivity index (χ2n) is 5.73. The lowest BCUT2D eigenvalue weighted by atomic mass is 10.2. The maximum atomic E-state index is 11.9. The molecule has 1 aliphatic rings. The molecule has 0 saturated carbocycles. The number of fused-ring (bicyclic) bond motifs is 1. The molecule has 2 heterocycles. The summed E-state index contributed by atoms with van der Waals surface area (Å²) in [6, 6.07) is 6.89. The van der Waals surface area contributed by atoms with Crippen LogP contribution in [0.3, 0.4) is 0 Å². The zero-order chi connectivity index (χ0) is 18.4. The van der Waals surface area contributed by atoms with Gasteiger partial charge in [-0.25, -0.2) is 9.59 Å². The van der Waals surface area contributed by atoms with Gasteiger partial charge in [0.2, 0.25) is 5.76 Å². The van der Waals surface area contributed by atoms with Crippen LogP contribution in [0.15, 0.2) is 28.7 Å². The normalized spacial score (nSPS) is 13.7. The molecule has 3 rings (SSSR count). The minimum atomic E-state index is -0.494. The van der Waals surface area contributed by atoms with Crippen LogP contribution in [0.5, 0.6) is 5.75 Å². The molecule has 0 unspecified atom stereocenters. The van der Waals surface area contributed by atoms with Gasteiger partial charge in [0.15, 0.2) is 0 Å². The highest BCUT2D eigenvalue weighted by Gasteiger charge is 2.17. The minimum absolute atomic E-state index is 0. The number of hydrogen-bond donors (Lipinski definition) is 1. The zero-order valence-corrected chi connectivity index (χ0v) is 15.9. The molecule has 1 fully saturated rings. The Bertz CT molecular complexity index is 772. The van der Waals surface area contributed by atoms with E-state index in [0.29, 0.717) is 24.4 Å². The Hall–Kier alpha value is -2.45. The molecule has 2 aromatic rings. The van der Waals surface area contributed by atoms with E-state index in [2.05, 4.69) is 5.32 Å². The van der Waals surface area contributed by atoms with Gasteiger partial charge in [-0.3, -0.25) is 0 Å². The number of nitrogens with zero attached hydrogens (tertiary/aromatic N) is 1. The van der Waals surface area contributed by atoms with E-state index in [1.165, 1.54) is 0 Å². The molecule has 0 atom stereocenters. The van der Waals surface area contributed by atoms with Gasteiger partial charge < -0.3 is 28.8 Å². The first-order valence-electron chi connectivity index (χ1n) is 8.63. The third-order valence-electron chi connectivity index (χ3n) is 3.92. The summed E-state index contributed by atoms with van der Waals surface area (Å²) >= 11 is 0. The van der Waals surface area contributed by atoms with Gasteiger partial charge in [0, 0.05) is 37.6 Å². The highest BCUT2D eigenvalue weighted by Crippen LogP contribution is 2.24. The summed E-state index contributed by atoms with van der Waals surface area (Å²) in [5.41, 5.74) is 0.531. The van der Waals surface area contributed by atoms with Gasteiger partial charge in [-0.1, -0.05) is 0 Å². The number of amides is 1. The first-order chi connectivity index (χ1) is 12.7. The smallest absolute Gasteiger partial charge is 0.409 e. The number of nitrogens with one attached hydrogen (secondary N) is 1. The molecule has 1 amide bonds. The van der Waals surface area contributed by atoms with Crippen molar-refractivity contribution in [1.82, 2.24) is 10.2 Å². The lowest BCUT2D eigenvalue weighted by Crippen LogP contribution is -2.46. The molecule has 1 aromatic heterocycles. The average Bonchev–Trinajstić information content (AvgIpc) is 3.09. The molecule has 8 nitrogen and oxygen atoms in total. The number of furan rings is 1. The Morgan fingerprint density at radius 1 is 1.15 bits per heavy atom. The van der Waals surface area contributed by atoms with Crippen LogP contribution in [0.2, 0.25) is 0 Å². The summed E-state index contributed by atoms with van der Waals surface area (Å²) in [5, 5.41) is 3.96. The predicted molar refractivity (Wildman–Crippen MR) is 101 cm³/mol. The van der Waals surface area contributed by atoms with Crippen molar-refractivity contribution < 1.29 is 28.2 Å². The van der Waals surface area contributed by atoms with Gasteiger partial charge in [0.05, 0.1) is 6.61 Å². The van der Waals surface area contributed by atoms with Crippen LogP contribution in [0.25, 0.3) is 11.0 Å². The molecular weight excluding hydrogens is 376 g/mol. The second kappa shape index (κ2) is 10.0. The standard InChI is InChI=1S/C18H22N2O6.ClH/c1-2-23-17(21)16-11-13-3-4-14(12-15(13)26-16)24-9-10-25-18(22)20-7-5-19-6-8-20;/h3-4,11-12,19H,2,5-10H2,1H3;1H. The molecule has 1 N–H and O–H groups in total. The fourth-order valence-corrected chi connectivity index (χ4v) is 2.63. The van der Waals surface area contributed by atoms with Gasteiger partial charge in [-0.05, 0) is 25.1 Å². The van der Waals surface area contributed by atoms with Crippen molar-refractivity contribution in [2.45, 2.75) is 6.92 Å². The van der Waals surface area contributed by atoms with Gasteiger partial charge in [0.1, 0.15) is 24.5 Å². The first kappa shape index (κ1) is 20.9. The van der Waals surface area contributed by atoms with E-state index in [4.69, 9.17) is 18.6 Å². The van der Waals surface area contributed by atoms with Crippen molar-refractivity contribution in [1.29, 1.82) is 0 Å². The Balaban J connectivity index is 0.00000261. The van der Waals surface area contributed by atoms with E-state index in [0.717, 1.165) is 18.5 Å². The Labute approximate surface area is 163 Å². The van der Waals surface area contributed by atoms with E-state index in [1.54, 1.807) is 36.1 Å². The number of ether oxygens (including phenoxy) is 3. The zero-order valence-electron chi connectivity index (χ0n) is 15.1. The number of benzene rings is 1. The maximum absolute atomic E-state index is 11.9.